The molecule has 0 spiro atoms. The number of rotatable bonds is 5. The zero-order valence-corrected chi connectivity index (χ0v) is 12.5. The molecule has 0 aliphatic carbocycles. The average Bonchev–Trinajstić information content (AvgIpc) is 2.76. The van der Waals surface area contributed by atoms with E-state index in [0.29, 0.717) is 26.2 Å². The molecule has 19 heavy (non-hydrogen) atoms. The monoisotopic (exact) mass is 331 g/mol. The van der Waals surface area contributed by atoms with Crippen molar-refractivity contribution in [1.82, 2.24) is 5.32 Å². The standard InChI is InChI=1S/C14H19BrFNO2/c1-2-13(10-5-11(15)7-12(16)6-10)17-8-14(18)3-4-19-9-14/h5-7,13,17-18H,2-4,8-9H2,1H3. The summed E-state index contributed by atoms with van der Waals surface area (Å²) in [5.41, 5.74) is 0.0923. The van der Waals surface area contributed by atoms with Crippen LogP contribution in [0.1, 0.15) is 31.4 Å². The van der Waals surface area contributed by atoms with E-state index in [1.165, 1.54) is 12.1 Å². The summed E-state index contributed by atoms with van der Waals surface area (Å²) in [6, 6.07) is 4.89. The average molecular weight is 332 g/mol. The zero-order valence-electron chi connectivity index (χ0n) is 11.0. The molecule has 0 aromatic heterocycles. The van der Waals surface area contributed by atoms with E-state index < -0.39 is 5.60 Å². The number of hydrogen-bond acceptors (Lipinski definition) is 3. The van der Waals surface area contributed by atoms with Crippen LogP contribution >= 0.6 is 15.9 Å². The second kappa shape index (κ2) is 6.31. The lowest BCUT2D eigenvalue weighted by Crippen LogP contribution is -2.42. The Hall–Kier alpha value is -0.490. The summed E-state index contributed by atoms with van der Waals surface area (Å²) in [6.45, 7) is 3.45. The topological polar surface area (TPSA) is 41.5 Å². The quantitative estimate of drug-likeness (QED) is 0.871. The minimum absolute atomic E-state index is 0.0247. The Morgan fingerprint density at radius 3 is 2.89 bits per heavy atom. The van der Waals surface area contributed by atoms with E-state index in [-0.39, 0.29) is 11.9 Å². The molecule has 0 bridgehead atoms. The van der Waals surface area contributed by atoms with Crippen molar-refractivity contribution in [2.24, 2.45) is 0 Å². The van der Waals surface area contributed by atoms with Crippen molar-refractivity contribution < 1.29 is 14.2 Å². The maximum atomic E-state index is 13.4. The van der Waals surface area contributed by atoms with Gasteiger partial charge in [-0.2, -0.15) is 0 Å². The lowest BCUT2D eigenvalue weighted by atomic mass is 10.0. The third-order valence-electron chi connectivity index (χ3n) is 3.46. The number of aliphatic hydroxyl groups is 1. The van der Waals surface area contributed by atoms with E-state index in [9.17, 15) is 9.50 Å². The van der Waals surface area contributed by atoms with Crippen molar-refractivity contribution in [3.05, 3.63) is 34.1 Å². The van der Waals surface area contributed by atoms with Crippen LogP contribution < -0.4 is 5.32 Å². The van der Waals surface area contributed by atoms with E-state index >= 15 is 0 Å². The molecule has 0 amide bonds. The summed E-state index contributed by atoms with van der Waals surface area (Å²) in [4.78, 5) is 0. The van der Waals surface area contributed by atoms with Crippen LogP contribution in [0.2, 0.25) is 0 Å². The Morgan fingerprint density at radius 1 is 1.53 bits per heavy atom. The van der Waals surface area contributed by atoms with Crippen molar-refractivity contribution in [1.29, 1.82) is 0 Å². The van der Waals surface area contributed by atoms with Gasteiger partial charge in [0.25, 0.3) is 0 Å². The molecule has 1 aromatic carbocycles. The maximum Gasteiger partial charge on any atom is 0.124 e. The van der Waals surface area contributed by atoms with E-state index in [2.05, 4.69) is 21.2 Å². The van der Waals surface area contributed by atoms with Crippen molar-refractivity contribution in [3.8, 4) is 0 Å². The highest BCUT2D eigenvalue weighted by Crippen LogP contribution is 2.24. The van der Waals surface area contributed by atoms with Gasteiger partial charge in [0.05, 0.1) is 6.61 Å². The van der Waals surface area contributed by atoms with Crippen LogP contribution in [0.3, 0.4) is 0 Å². The Kier molecular flexibility index (Phi) is 4.95. The van der Waals surface area contributed by atoms with Gasteiger partial charge in [0, 0.05) is 30.1 Å². The fraction of sp³-hybridized carbons (Fsp3) is 0.571. The number of ether oxygens (including phenoxy) is 1. The van der Waals surface area contributed by atoms with Gasteiger partial charge in [0.1, 0.15) is 11.4 Å². The summed E-state index contributed by atoms with van der Waals surface area (Å²) >= 11 is 3.30. The van der Waals surface area contributed by atoms with Crippen LogP contribution in [-0.4, -0.2) is 30.5 Å². The highest BCUT2D eigenvalue weighted by Gasteiger charge is 2.32. The first-order chi connectivity index (χ1) is 9.02. The van der Waals surface area contributed by atoms with Gasteiger partial charge >= 0.3 is 0 Å². The summed E-state index contributed by atoms with van der Waals surface area (Å²) in [7, 11) is 0. The van der Waals surface area contributed by atoms with Gasteiger partial charge in [-0.1, -0.05) is 22.9 Å². The molecular weight excluding hydrogens is 313 g/mol. The molecule has 1 aliphatic heterocycles. The molecule has 3 nitrogen and oxygen atoms in total. The summed E-state index contributed by atoms with van der Waals surface area (Å²) < 4.78 is 19.4. The first-order valence-electron chi connectivity index (χ1n) is 6.52. The van der Waals surface area contributed by atoms with E-state index in [4.69, 9.17) is 4.74 Å². The highest BCUT2D eigenvalue weighted by molar-refractivity contribution is 9.10. The maximum absolute atomic E-state index is 13.4. The van der Waals surface area contributed by atoms with Crippen molar-refractivity contribution >= 4 is 15.9 Å². The molecule has 106 valence electrons. The van der Waals surface area contributed by atoms with Gasteiger partial charge in [-0.3, -0.25) is 0 Å². The highest BCUT2D eigenvalue weighted by atomic mass is 79.9. The van der Waals surface area contributed by atoms with Gasteiger partial charge in [-0.25, -0.2) is 4.39 Å². The van der Waals surface area contributed by atoms with Gasteiger partial charge in [-0.05, 0) is 30.2 Å². The predicted octanol–water partition coefficient (Wildman–Crippen LogP) is 2.78. The molecule has 0 radical (unpaired) electrons. The van der Waals surface area contributed by atoms with Gasteiger partial charge in [0.2, 0.25) is 0 Å². The number of halogens is 2. The Bertz CT molecular complexity index is 415. The second-order valence-corrected chi connectivity index (χ2v) is 5.99. The Morgan fingerprint density at radius 2 is 2.32 bits per heavy atom. The molecule has 1 heterocycles. The van der Waals surface area contributed by atoms with Gasteiger partial charge in [-0.15, -0.1) is 0 Å². The second-order valence-electron chi connectivity index (χ2n) is 5.07. The zero-order chi connectivity index (χ0) is 13.9. The molecule has 1 aliphatic rings. The summed E-state index contributed by atoms with van der Waals surface area (Å²) in [5, 5.41) is 13.5. The molecule has 1 fully saturated rings. The number of hydrogen-bond donors (Lipinski definition) is 2. The van der Waals surface area contributed by atoms with Crippen molar-refractivity contribution in [3.63, 3.8) is 0 Å². The fourth-order valence-corrected chi connectivity index (χ4v) is 2.81. The van der Waals surface area contributed by atoms with Crippen molar-refractivity contribution in [2.75, 3.05) is 19.8 Å². The first kappa shape index (κ1) is 14.9. The molecule has 1 saturated heterocycles. The fourth-order valence-electron chi connectivity index (χ4n) is 2.32. The third kappa shape index (κ3) is 3.99. The van der Waals surface area contributed by atoms with E-state index in [1.807, 2.05) is 13.0 Å². The molecule has 5 heteroatoms. The van der Waals surface area contributed by atoms with Crippen LogP contribution in [-0.2, 0) is 4.74 Å². The number of benzene rings is 1. The number of nitrogens with one attached hydrogen (secondary N) is 1. The first-order valence-corrected chi connectivity index (χ1v) is 7.31. The van der Waals surface area contributed by atoms with Crippen LogP contribution in [0.25, 0.3) is 0 Å². The normalized spacial score (nSPS) is 24.6. The molecule has 0 saturated carbocycles. The minimum Gasteiger partial charge on any atom is -0.386 e. The van der Waals surface area contributed by atoms with E-state index in [1.54, 1.807) is 0 Å². The van der Waals surface area contributed by atoms with Gasteiger partial charge in [0.15, 0.2) is 0 Å². The Balaban J connectivity index is 2.03. The van der Waals surface area contributed by atoms with Crippen LogP contribution in [0, 0.1) is 5.82 Å². The SMILES string of the molecule is CCC(NCC1(O)CCOC1)c1cc(F)cc(Br)c1. The molecule has 1 aromatic rings. The van der Waals surface area contributed by atoms with Crippen LogP contribution in [0.5, 0.6) is 0 Å². The molecule has 2 atom stereocenters. The lowest BCUT2D eigenvalue weighted by molar-refractivity contribution is 0.0246. The third-order valence-corrected chi connectivity index (χ3v) is 3.91. The van der Waals surface area contributed by atoms with E-state index in [0.717, 1.165) is 16.5 Å². The smallest absolute Gasteiger partial charge is 0.124 e. The molecule has 2 unspecified atom stereocenters. The summed E-state index contributed by atoms with van der Waals surface area (Å²) in [6.07, 6.45) is 1.47. The molecule has 2 rings (SSSR count). The summed E-state index contributed by atoms with van der Waals surface area (Å²) in [5.74, 6) is -0.257. The van der Waals surface area contributed by atoms with Crippen LogP contribution in [0.15, 0.2) is 22.7 Å². The van der Waals surface area contributed by atoms with Gasteiger partial charge < -0.3 is 15.2 Å². The molecular formula is C14H19BrFNO2. The van der Waals surface area contributed by atoms with Crippen LogP contribution in [0.4, 0.5) is 4.39 Å². The molecule has 2 N–H and O–H groups in total. The predicted molar refractivity (Wildman–Crippen MR) is 75.5 cm³/mol. The van der Waals surface area contributed by atoms with Crippen molar-refractivity contribution in [2.45, 2.75) is 31.4 Å². The Labute approximate surface area is 121 Å². The lowest BCUT2D eigenvalue weighted by Gasteiger charge is -2.25. The largest absolute Gasteiger partial charge is 0.386 e. The minimum atomic E-state index is -0.794.